The summed E-state index contributed by atoms with van der Waals surface area (Å²) >= 11 is 0. The summed E-state index contributed by atoms with van der Waals surface area (Å²) in [6.07, 6.45) is 6.36. The molecule has 0 unspecified atom stereocenters. The molecule has 27 heavy (non-hydrogen) atoms. The summed E-state index contributed by atoms with van der Waals surface area (Å²) in [7, 11) is 2.26. The summed E-state index contributed by atoms with van der Waals surface area (Å²) in [5.74, 6) is 1.24. The van der Waals surface area contributed by atoms with Crippen LogP contribution in [0.2, 0.25) is 0 Å². The van der Waals surface area contributed by atoms with E-state index in [2.05, 4.69) is 57.7 Å². The molecule has 0 spiro atoms. The molecule has 2 N–H and O–H groups in total. The molecule has 3 heterocycles. The maximum absolute atomic E-state index is 5.45. The summed E-state index contributed by atoms with van der Waals surface area (Å²) in [6.45, 7) is 3.66. The van der Waals surface area contributed by atoms with Crippen LogP contribution in [0.25, 0.3) is 10.9 Å². The molecule has 1 aliphatic carbocycles. The predicted molar refractivity (Wildman–Crippen MR) is 109 cm³/mol. The van der Waals surface area contributed by atoms with Gasteiger partial charge in [-0.3, -0.25) is 0 Å². The molecule has 2 aromatic heterocycles. The number of anilines is 1. The molecule has 0 radical (unpaired) electrons. The highest BCUT2D eigenvalue weighted by molar-refractivity contribution is 5.88. The van der Waals surface area contributed by atoms with Gasteiger partial charge in [0.15, 0.2) is 0 Å². The van der Waals surface area contributed by atoms with Crippen LogP contribution < -0.4 is 10.1 Å². The largest absolute Gasteiger partial charge is 0.478 e. The highest BCUT2D eigenvalue weighted by atomic mass is 16.5. The van der Waals surface area contributed by atoms with Crippen LogP contribution in [0.1, 0.15) is 30.4 Å². The van der Waals surface area contributed by atoms with Crippen LogP contribution in [0.15, 0.2) is 42.7 Å². The third kappa shape index (κ3) is 2.86. The lowest BCUT2D eigenvalue weighted by Crippen LogP contribution is -2.51. The molecule has 1 aromatic carbocycles. The number of H-pyrrole nitrogens is 1. The van der Waals surface area contributed by atoms with Crippen molar-refractivity contribution in [3.05, 3.63) is 53.9 Å². The topological polar surface area (TPSA) is 53.2 Å². The Hall–Kier alpha value is -2.53. The maximum atomic E-state index is 5.45. The molecule has 1 saturated heterocycles. The number of nitrogens with zero attached hydrogens (tertiary/aromatic N) is 2. The highest BCUT2D eigenvalue weighted by Crippen LogP contribution is 2.43. The first-order valence-electron chi connectivity index (χ1n) is 9.87. The number of likely N-dealkylation sites (tertiary alicyclic amines) is 1. The minimum Gasteiger partial charge on any atom is -0.478 e. The molecule has 5 rings (SSSR count). The van der Waals surface area contributed by atoms with E-state index in [-0.39, 0.29) is 0 Å². The second-order valence-corrected chi connectivity index (χ2v) is 7.80. The minimum atomic E-state index is 0.409. The first-order chi connectivity index (χ1) is 13.2. The van der Waals surface area contributed by atoms with Gasteiger partial charge in [0, 0.05) is 47.7 Å². The Labute approximate surface area is 159 Å². The van der Waals surface area contributed by atoms with E-state index in [4.69, 9.17) is 4.74 Å². The van der Waals surface area contributed by atoms with Gasteiger partial charge in [0.25, 0.3) is 0 Å². The fourth-order valence-electron chi connectivity index (χ4n) is 4.98. The van der Waals surface area contributed by atoms with Gasteiger partial charge in [-0.15, -0.1) is 0 Å². The van der Waals surface area contributed by atoms with Crippen molar-refractivity contribution < 1.29 is 4.74 Å². The first kappa shape index (κ1) is 16.6. The van der Waals surface area contributed by atoms with Crippen molar-refractivity contribution in [2.45, 2.75) is 37.8 Å². The Bertz CT molecular complexity index is 949. The quantitative estimate of drug-likeness (QED) is 0.741. The normalized spacial score (nSPS) is 24.6. The zero-order valence-corrected chi connectivity index (χ0v) is 15.9. The monoisotopic (exact) mass is 362 g/mol. The highest BCUT2D eigenvalue weighted by Gasteiger charge is 2.39. The third-order valence-corrected chi connectivity index (χ3v) is 6.13. The second kappa shape index (κ2) is 6.57. The molecule has 3 atom stereocenters. The Morgan fingerprint density at radius 1 is 1.30 bits per heavy atom. The molecule has 0 saturated carbocycles. The van der Waals surface area contributed by atoms with Crippen molar-refractivity contribution in [1.29, 1.82) is 0 Å². The number of benzene rings is 1. The third-order valence-electron chi connectivity index (χ3n) is 6.13. The Morgan fingerprint density at radius 3 is 3.04 bits per heavy atom. The van der Waals surface area contributed by atoms with Crippen molar-refractivity contribution in [2.24, 2.45) is 0 Å². The lowest BCUT2D eigenvalue weighted by Gasteiger charge is -2.45. The molecular formula is C22H26N4O. The summed E-state index contributed by atoms with van der Waals surface area (Å²) in [5.41, 5.74) is 5.31. The zero-order valence-electron chi connectivity index (χ0n) is 15.9. The molecule has 1 fully saturated rings. The number of hydrogen-bond donors (Lipinski definition) is 2. The number of aromatic nitrogens is 2. The SMILES string of the molecule is CCOc1ccc(N[C@@H]2C[C@@H]3c4cccc5[nH]cc(c45)C[C@H]3N(C)C2)cn1. The van der Waals surface area contributed by atoms with Gasteiger partial charge in [-0.1, -0.05) is 12.1 Å². The van der Waals surface area contributed by atoms with Crippen molar-refractivity contribution in [3.8, 4) is 5.88 Å². The number of aromatic amines is 1. The molecule has 1 aliphatic heterocycles. The number of hydrogen-bond acceptors (Lipinski definition) is 4. The van der Waals surface area contributed by atoms with Crippen LogP contribution in [-0.2, 0) is 6.42 Å². The Morgan fingerprint density at radius 2 is 2.22 bits per heavy atom. The maximum Gasteiger partial charge on any atom is 0.213 e. The number of likely N-dealkylation sites (N-methyl/N-ethyl adjacent to an activating group) is 1. The van der Waals surface area contributed by atoms with Crippen LogP contribution in [0, 0.1) is 0 Å². The van der Waals surface area contributed by atoms with Crippen LogP contribution in [-0.4, -0.2) is 47.2 Å². The fourth-order valence-corrected chi connectivity index (χ4v) is 4.98. The summed E-state index contributed by atoms with van der Waals surface area (Å²) in [5, 5.41) is 5.15. The molecule has 5 nitrogen and oxygen atoms in total. The van der Waals surface area contributed by atoms with Crippen LogP contribution >= 0.6 is 0 Å². The van der Waals surface area contributed by atoms with Gasteiger partial charge >= 0.3 is 0 Å². The average molecular weight is 362 g/mol. The van der Waals surface area contributed by atoms with Gasteiger partial charge in [0.05, 0.1) is 18.5 Å². The average Bonchev–Trinajstić information content (AvgIpc) is 3.09. The van der Waals surface area contributed by atoms with E-state index in [1.54, 1.807) is 0 Å². The van der Waals surface area contributed by atoms with E-state index in [0.29, 0.717) is 30.5 Å². The minimum absolute atomic E-state index is 0.409. The van der Waals surface area contributed by atoms with Gasteiger partial charge < -0.3 is 19.9 Å². The summed E-state index contributed by atoms with van der Waals surface area (Å²) in [4.78, 5) is 10.4. The smallest absolute Gasteiger partial charge is 0.213 e. The van der Waals surface area contributed by atoms with E-state index >= 15 is 0 Å². The first-order valence-corrected chi connectivity index (χ1v) is 9.87. The molecule has 3 aromatic rings. The Kier molecular flexibility index (Phi) is 4.05. The standard InChI is InChI=1S/C22H26N4O/c1-3-27-21-8-7-15(12-24-21)25-16-10-18-17-5-4-6-19-22(17)14(11-23-19)9-20(18)26(2)13-16/h4-8,11-12,16,18,20,23,25H,3,9-10,13H2,1-2H3/t16-,18-,20-/m1/s1. The molecule has 0 amide bonds. The van der Waals surface area contributed by atoms with E-state index in [0.717, 1.165) is 25.1 Å². The molecule has 140 valence electrons. The Balaban J connectivity index is 1.39. The van der Waals surface area contributed by atoms with E-state index in [1.165, 1.54) is 22.0 Å². The lowest BCUT2D eigenvalue weighted by atomic mass is 9.74. The van der Waals surface area contributed by atoms with Gasteiger partial charge in [-0.05, 0) is 50.1 Å². The number of pyridine rings is 1. The van der Waals surface area contributed by atoms with Gasteiger partial charge in [-0.25, -0.2) is 4.98 Å². The van der Waals surface area contributed by atoms with E-state index in [9.17, 15) is 0 Å². The van der Waals surface area contributed by atoms with Gasteiger partial charge in [0.2, 0.25) is 5.88 Å². The lowest BCUT2D eigenvalue weighted by molar-refractivity contribution is 0.147. The van der Waals surface area contributed by atoms with Crippen LogP contribution in [0.5, 0.6) is 5.88 Å². The van der Waals surface area contributed by atoms with Gasteiger partial charge in [-0.2, -0.15) is 0 Å². The number of nitrogens with one attached hydrogen (secondary N) is 2. The van der Waals surface area contributed by atoms with E-state index < -0.39 is 0 Å². The van der Waals surface area contributed by atoms with Crippen molar-refractivity contribution in [1.82, 2.24) is 14.9 Å². The van der Waals surface area contributed by atoms with Crippen LogP contribution in [0.4, 0.5) is 5.69 Å². The second-order valence-electron chi connectivity index (χ2n) is 7.80. The molecule has 0 bridgehead atoms. The van der Waals surface area contributed by atoms with Crippen molar-refractivity contribution in [2.75, 3.05) is 25.5 Å². The van der Waals surface area contributed by atoms with E-state index in [1.807, 2.05) is 19.2 Å². The van der Waals surface area contributed by atoms with Crippen LogP contribution in [0.3, 0.4) is 0 Å². The van der Waals surface area contributed by atoms with Gasteiger partial charge in [0.1, 0.15) is 0 Å². The van der Waals surface area contributed by atoms with Crippen molar-refractivity contribution in [3.63, 3.8) is 0 Å². The zero-order chi connectivity index (χ0) is 18.4. The van der Waals surface area contributed by atoms with Crippen molar-refractivity contribution >= 4 is 16.6 Å². The number of fused-ring (bicyclic) bond motifs is 2. The number of piperidine rings is 1. The number of ether oxygens (including phenoxy) is 1. The summed E-state index contributed by atoms with van der Waals surface area (Å²) in [6, 6.07) is 11.7. The molecular weight excluding hydrogens is 336 g/mol. The fraction of sp³-hybridized carbons (Fsp3) is 0.409. The summed E-state index contributed by atoms with van der Waals surface area (Å²) < 4.78 is 5.45. The predicted octanol–water partition coefficient (Wildman–Crippen LogP) is 3.79. The molecule has 5 heteroatoms. The number of rotatable bonds is 4. The molecule has 2 aliphatic rings.